The molecule has 3 nitrogen and oxygen atoms in total. The summed E-state index contributed by atoms with van der Waals surface area (Å²) in [7, 11) is 3.97. The highest BCUT2D eigenvalue weighted by Crippen LogP contribution is 2.37. The maximum Gasteiger partial charge on any atom is 0.118 e. The highest BCUT2D eigenvalue weighted by atomic mass is 16.5. The zero-order valence-corrected chi connectivity index (χ0v) is 12.6. The number of likely N-dealkylation sites (N-methyl/N-ethyl adjacent to an activating group) is 1. The Bertz CT molecular complexity index is 421. The van der Waals surface area contributed by atoms with E-state index in [4.69, 9.17) is 4.74 Å². The maximum absolute atomic E-state index is 5.20. The molecule has 0 amide bonds. The van der Waals surface area contributed by atoms with Crippen LogP contribution in [0.25, 0.3) is 0 Å². The number of nitrogens with zero attached hydrogens (tertiary/aromatic N) is 1. The van der Waals surface area contributed by atoms with Crippen LogP contribution < -0.4 is 10.1 Å². The van der Waals surface area contributed by atoms with Gasteiger partial charge in [-0.15, -0.1) is 0 Å². The van der Waals surface area contributed by atoms with Gasteiger partial charge in [-0.3, -0.25) is 0 Å². The number of ether oxygens (including phenoxy) is 1. The van der Waals surface area contributed by atoms with Crippen molar-refractivity contribution in [1.29, 1.82) is 0 Å². The van der Waals surface area contributed by atoms with E-state index < -0.39 is 0 Å². The van der Waals surface area contributed by atoms with Crippen molar-refractivity contribution in [3.8, 4) is 5.75 Å². The van der Waals surface area contributed by atoms with Gasteiger partial charge in [0.2, 0.25) is 0 Å². The first-order valence-corrected chi connectivity index (χ1v) is 7.84. The van der Waals surface area contributed by atoms with Crippen LogP contribution in [0.5, 0.6) is 5.75 Å². The summed E-state index contributed by atoms with van der Waals surface area (Å²) >= 11 is 0. The third-order valence-corrected chi connectivity index (χ3v) is 4.79. The zero-order chi connectivity index (χ0) is 13.9. The van der Waals surface area contributed by atoms with E-state index in [1.807, 2.05) is 0 Å². The first kappa shape index (κ1) is 13.9. The summed E-state index contributed by atoms with van der Waals surface area (Å²) in [5.74, 6) is 1.69. The van der Waals surface area contributed by atoms with E-state index in [0.717, 1.165) is 30.3 Å². The number of benzene rings is 1. The lowest BCUT2D eigenvalue weighted by Crippen LogP contribution is -2.43. The number of nitrogens with one attached hydrogen (secondary N) is 1. The summed E-state index contributed by atoms with van der Waals surface area (Å²) in [6.45, 7) is 2.32. The topological polar surface area (TPSA) is 24.5 Å². The van der Waals surface area contributed by atoms with Gasteiger partial charge in [-0.25, -0.2) is 0 Å². The molecule has 2 fully saturated rings. The second-order valence-corrected chi connectivity index (χ2v) is 6.30. The molecule has 0 saturated heterocycles. The fraction of sp³-hybridized carbons (Fsp3) is 0.647. The minimum Gasteiger partial charge on any atom is -0.497 e. The smallest absolute Gasteiger partial charge is 0.118 e. The molecule has 0 spiro atoms. The molecule has 0 aromatic heterocycles. The van der Waals surface area contributed by atoms with E-state index >= 15 is 0 Å². The first-order chi connectivity index (χ1) is 9.76. The van der Waals surface area contributed by atoms with Crippen LogP contribution in [0, 0.1) is 0 Å². The molecule has 110 valence electrons. The quantitative estimate of drug-likeness (QED) is 0.827. The standard InChI is InChI=1S/C17H26N2O/c1-19(16-5-6-16)10-9-18-15-11-14(12-15)13-3-7-17(20-2)8-4-13/h3-4,7-8,14-16,18H,5-6,9-12H2,1-2H3. The van der Waals surface area contributed by atoms with E-state index in [9.17, 15) is 0 Å². The Morgan fingerprint density at radius 2 is 1.90 bits per heavy atom. The van der Waals surface area contributed by atoms with Crippen molar-refractivity contribution < 1.29 is 4.74 Å². The first-order valence-electron chi connectivity index (χ1n) is 7.84. The summed E-state index contributed by atoms with van der Waals surface area (Å²) in [5, 5.41) is 3.69. The van der Waals surface area contributed by atoms with Gasteiger partial charge in [-0.05, 0) is 56.3 Å². The Hall–Kier alpha value is -1.06. The van der Waals surface area contributed by atoms with E-state index in [1.54, 1.807) is 7.11 Å². The van der Waals surface area contributed by atoms with Gasteiger partial charge in [-0.2, -0.15) is 0 Å². The molecule has 0 atom stereocenters. The largest absolute Gasteiger partial charge is 0.497 e. The molecule has 1 aromatic carbocycles. The van der Waals surface area contributed by atoms with Crippen molar-refractivity contribution in [3.63, 3.8) is 0 Å². The molecule has 2 saturated carbocycles. The van der Waals surface area contributed by atoms with Crippen LogP contribution in [0.3, 0.4) is 0 Å². The predicted octanol–water partition coefficient (Wildman–Crippen LogP) is 2.63. The van der Waals surface area contributed by atoms with Crippen molar-refractivity contribution in [2.24, 2.45) is 0 Å². The monoisotopic (exact) mass is 274 g/mol. The van der Waals surface area contributed by atoms with Crippen molar-refractivity contribution >= 4 is 0 Å². The van der Waals surface area contributed by atoms with Gasteiger partial charge < -0.3 is 15.0 Å². The molecule has 20 heavy (non-hydrogen) atoms. The van der Waals surface area contributed by atoms with Gasteiger partial charge in [0.25, 0.3) is 0 Å². The van der Waals surface area contributed by atoms with E-state index in [0.29, 0.717) is 0 Å². The third kappa shape index (κ3) is 3.33. The Labute approximate surface area is 122 Å². The van der Waals surface area contributed by atoms with Gasteiger partial charge in [0, 0.05) is 25.2 Å². The summed E-state index contributed by atoms with van der Waals surface area (Å²) < 4.78 is 5.20. The molecule has 2 aliphatic carbocycles. The van der Waals surface area contributed by atoms with Gasteiger partial charge in [-0.1, -0.05) is 12.1 Å². The lowest BCUT2D eigenvalue weighted by molar-refractivity contribution is 0.262. The zero-order valence-electron chi connectivity index (χ0n) is 12.6. The predicted molar refractivity (Wildman–Crippen MR) is 82.4 cm³/mol. The van der Waals surface area contributed by atoms with Gasteiger partial charge in [0.1, 0.15) is 5.75 Å². The molecule has 1 aromatic rings. The van der Waals surface area contributed by atoms with E-state index in [-0.39, 0.29) is 0 Å². The highest BCUT2D eigenvalue weighted by Gasteiger charge is 2.30. The normalized spacial score (nSPS) is 25.6. The Morgan fingerprint density at radius 1 is 1.20 bits per heavy atom. The molecule has 3 rings (SSSR count). The van der Waals surface area contributed by atoms with Crippen molar-refractivity contribution in [1.82, 2.24) is 10.2 Å². The van der Waals surface area contributed by atoms with Crippen molar-refractivity contribution in [2.45, 2.75) is 43.7 Å². The van der Waals surface area contributed by atoms with E-state index in [2.05, 4.69) is 41.5 Å². The van der Waals surface area contributed by atoms with Crippen LogP contribution in [0.4, 0.5) is 0 Å². The molecule has 3 heteroatoms. The Kier molecular flexibility index (Phi) is 4.27. The third-order valence-electron chi connectivity index (χ3n) is 4.79. The SMILES string of the molecule is COc1ccc(C2CC(NCCN(C)C3CC3)C2)cc1. The van der Waals surface area contributed by atoms with Gasteiger partial charge in [0.05, 0.1) is 7.11 Å². The molecular formula is C17H26N2O. The van der Waals surface area contributed by atoms with Crippen LogP contribution in [-0.2, 0) is 0 Å². The Morgan fingerprint density at radius 3 is 2.50 bits per heavy atom. The minimum absolute atomic E-state index is 0.717. The molecule has 0 heterocycles. The fourth-order valence-corrected chi connectivity index (χ4v) is 3.08. The summed E-state index contributed by atoms with van der Waals surface area (Å²) in [6.07, 6.45) is 5.36. The molecule has 0 radical (unpaired) electrons. The van der Waals surface area contributed by atoms with Crippen LogP contribution in [-0.4, -0.2) is 44.2 Å². The lowest BCUT2D eigenvalue weighted by atomic mass is 9.76. The van der Waals surface area contributed by atoms with Crippen LogP contribution >= 0.6 is 0 Å². The second kappa shape index (κ2) is 6.15. The minimum atomic E-state index is 0.717. The number of rotatable bonds is 7. The number of hydrogen-bond acceptors (Lipinski definition) is 3. The fourth-order valence-electron chi connectivity index (χ4n) is 3.08. The van der Waals surface area contributed by atoms with Gasteiger partial charge in [0.15, 0.2) is 0 Å². The second-order valence-electron chi connectivity index (χ2n) is 6.30. The van der Waals surface area contributed by atoms with Gasteiger partial charge >= 0.3 is 0 Å². The average molecular weight is 274 g/mol. The summed E-state index contributed by atoms with van der Waals surface area (Å²) in [4.78, 5) is 2.49. The van der Waals surface area contributed by atoms with Crippen LogP contribution in [0.2, 0.25) is 0 Å². The van der Waals surface area contributed by atoms with Crippen molar-refractivity contribution in [3.05, 3.63) is 29.8 Å². The van der Waals surface area contributed by atoms with Crippen LogP contribution in [0.15, 0.2) is 24.3 Å². The molecule has 0 unspecified atom stereocenters. The molecule has 1 N–H and O–H groups in total. The van der Waals surface area contributed by atoms with E-state index in [1.165, 1.54) is 37.8 Å². The molecular weight excluding hydrogens is 248 g/mol. The highest BCUT2D eigenvalue weighted by molar-refractivity contribution is 5.30. The Balaban J connectivity index is 1.35. The van der Waals surface area contributed by atoms with Crippen molar-refractivity contribution in [2.75, 3.05) is 27.2 Å². The average Bonchev–Trinajstić information content (AvgIpc) is 3.26. The maximum atomic E-state index is 5.20. The number of hydrogen-bond donors (Lipinski definition) is 1. The molecule has 2 aliphatic rings. The lowest BCUT2D eigenvalue weighted by Gasteiger charge is -2.37. The molecule has 0 bridgehead atoms. The summed E-state index contributed by atoms with van der Waals surface area (Å²) in [5.41, 5.74) is 1.46. The summed E-state index contributed by atoms with van der Waals surface area (Å²) in [6, 6.07) is 10.2. The molecule has 0 aliphatic heterocycles. The number of methoxy groups -OCH3 is 1. The van der Waals surface area contributed by atoms with Crippen LogP contribution in [0.1, 0.15) is 37.2 Å².